The summed E-state index contributed by atoms with van der Waals surface area (Å²) in [6.45, 7) is 5.07. The standard InChI is InChI=1S/C21H30N2O3/c24-21(23-12-10-22(11-13-23)18-6-1-2-7-18)17-5-3-8-19(15-17)26-16-20-9-4-14-25-20/h3,5,8,15,18,20H,1-2,4,6-7,9-14,16H2. The predicted octanol–water partition coefficient (Wildman–Crippen LogP) is 2.94. The van der Waals surface area contributed by atoms with Crippen LogP contribution in [0.1, 0.15) is 48.9 Å². The van der Waals surface area contributed by atoms with E-state index in [1.54, 1.807) is 0 Å². The Bertz CT molecular complexity index is 601. The number of carbonyl (C=O) groups is 1. The minimum absolute atomic E-state index is 0.124. The lowest BCUT2D eigenvalue weighted by atomic mass is 10.1. The first-order valence-corrected chi connectivity index (χ1v) is 10.2. The van der Waals surface area contributed by atoms with E-state index < -0.39 is 0 Å². The maximum Gasteiger partial charge on any atom is 0.254 e. The number of hydrogen-bond donors (Lipinski definition) is 0. The van der Waals surface area contributed by atoms with Crippen LogP contribution >= 0.6 is 0 Å². The SMILES string of the molecule is O=C(c1cccc(OCC2CCCO2)c1)N1CCN(C2CCCC2)CC1. The molecule has 1 amide bonds. The predicted molar refractivity (Wildman–Crippen MR) is 101 cm³/mol. The lowest BCUT2D eigenvalue weighted by molar-refractivity contribution is 0.0571. The number of rotatable bonds is 5. The van der Waals surface area contributed by atoms with Crippen LogP contribution in [0.25, 0.3) is 0 Å². The second-order valence-corrected chi connectivity index (χ2v) is 7.74. The molecule has 26 heavy (non-hydrogen) atoms. The summed E-state index contributed by atoms with van der Waals surface area (Å²) in [6, 6.07) is 8.35. The molecular weight excluding hydrogens is 328 g/mol. The van der Waals surface area contributed by atoms with Gasteiger partial charge in [0.25, 0.3) is 5.91 Å². The summed E-state index contributed by atoms with van der Waals surface area (Å²) in [5.41, 5.74) is 0.726. The fraction of sp³-hybridized carbons (Fsp3) is 0.667. The molecule has 5 nitrogen and oxygen atoms in total. The van der Waals surface area contributed by atoms with Gasteiger partial charge in [0.05, 0.1) is 6.10 Å². The van der Waals surface area contributed by atoms with Gasteiger partial charge < -0.3 is 14.4 Å². The van der Waals surface area contributed by atoms with Crippen LogP contribution in [0, 0.1) is 0 Å². The van der Waals surface area contributed by atoms with Gasteiger partial charge in [0.15, 0.2) is 0 Å². The molecule has 142 valence electrons. The van der Waals surface area contributed by atoms with E-state index in [2.05, 4.69) is 4.90 Å². The van der Waals surface area contributed by atoms with E-state index in [0.29, 0.717) is 6.61 Å². The Morgan fingerprint density at radius 3 is 2.62 bits per heavy atom. The molecule has 1 unspecified atom stereocenters. The van der Waals surface area contributed by atoms with E-state index in [0.717, 1.165) is 63.0 Å². The van der Waals surface area contributed by atoms with Gasteiger partial charge >= 0.3 is 0 Å². The maximum absolute atomic E-state index is 12.9. The first-order chi connectivity index (χ1) is 12.8. The van der Waals surface area contributed by atoms with Crippen molar-refractivity contribution in [3.63, 3.8) is 0 Å². The summed E-state index contributed by atoms with van der Waals surface area (Å²) in [4.78, 5) is 17.4. The van der Waals surface area contributed by atoms with Gasteiger partial charge in [0.2, 0.25) is 0 Å². The molecule has 0 bridgehead atoms. The van der Waals surface area contributed by atoms with E-state index in [9.17, 15) is 4.79 Å². The molecule has 1 saturated carbocycles. The highest BCUT2D eigenvalue weighted by Crippen LogP contribution is 2.25. The van der Waals surface area contributed by atoms with E-state index in [-0.39, 0.29) is 12.0 Å². The quantitative estimate of drug-likeness (QED) is 0.812. The molecule has 3 fully saturated rings. The van der Waals surface area contributed by atoms with Crippen LogP contribution in [0.2, 0.25) is 0 Å². The first-order valence-electron chi connectivity index (χ1n) is 10.2. The van der Waals surface area contributed by atoms with Crippen LogP contribution in [-0.2, 0) is 4.74 Å². The zero-order chi connectivity index (χ0) is 17.8. The average Bonchev–Trinajstić information content (AvgIpc) is 3.40. The lowest BCUT2D eigenvalue weighted by Crippen LogP contribution is -2.51. The smallest absolute Gasteiger partial charge is 0.254 e. The van der Waals surface area contributed by atoms with Crippen LogP contribution in [0.15, 0.2) is 24.3 Å². The first kappa shape index (κ1) is 17.8. The Kier molecular flexibility index (Phi) is 5.75. The Hall–Kier alpha value is -1.59. The highest BCUT2D eigenvalue weighted by Gasteiger charge is 2.28. The number of amides is 1. The van der Waals surface area contributed by atoms with Gasteiger partial charge in [-0.2, -0.15) is 0 Å². The molecule has 4 rings (SSSR count). The molecule has 0 N–H and O–H groups in total. The summed E-state index contributed by atoms with van der Waals surface area (Å²) >= 11 is 0. The number of ether oxygens (including phenoxy) is 2. The zero-order valence-electron chi connectivity index (χ0n) is 15.6. The van der Waals surface area contributed by atoms with Crippen molar-refractivity contribution in [3.8, 4) is 5.75 Å². The van der Waals surface area contributed by atoms with Gasteiger partial charge in [-0.15, -0.1) is 0 Å². The van der Waals surface area contributed by atoms with Crippen molar-refractivity contribution >= 4 is 5.91 Å². The van der Waals surface area contributed by atoms with Crippen LogP contribution in [0.5, 0.6) is 5.75 Å². The van der Waals surface area contributed by atoms with Crippen molar-refractivity contribution in [2.24, 2.45) is 0 Å². The van der Waals surface area contributed by atoms with Gasteiger partial charge in [-0.3, -0.25) is 9.69 Å². The minimum Gasteiger partial charge on any atom is -0.491 e. The zero-order valence-corrected chi connectivity index (χ0v) is 15.6. The van der Waals surface area contributed by atoms with E-state index >= 15 is 0 Å². The molecule has 2 saturated heterocycles. The number of piperazine rings is 1. The third kappa shape index (κ3) is 4.21. The third-order valence-corrected chi connectivity index (χ3v) is 5.98. The maximum atomic E-state index is 12.9. The minimum atomic E-state index is 0.124. The molecule has 1 aromatic rings. The Labute approximate surface area is 156 Å². The Balaban J connectivity index is 1.30. The normalized spacial score (nSPS) is 24.9. The largest absolute Gasteiger partial charge is 0.491 e. The number of benzene rings is 1. The Morgan fingerprint density at radius 1 is 1.08 bits per heavy atom. The summed E-state index contributed by atoms with van der Waals surface area (Å²) in [6.07, 6.45) is 7.75. The van der Waals surface area contributed by atoms with E-state index in [1.165, 1.54) is 25.7 Å². The summed E-state index contributed by atoms with van der Waals surface area (Å²) in [7, 11) is 0. The van der Waals surface area contributed by atoms with E-state index in [4.69, 9.17) is 9.47 Å². The highest BCUT2D eigenvalue weighted by molar-refractivity contribution is 5.94. The van der Waals surface area contributed by atoms with Crippen molar-refractivity contribution in [2.45, 2.75) is 50.7 Å². The van der Waals surface area contributed by atoms with Gasteiger partial charge in [0, 0.05) is 44.4 Å². The van der Waals surface area contributed by atoms with Crippen LogP contribution in [-0.4, -0.2) is 67.2 Å². The fourth-order valence-electron chi connectivity index (χ4n) is 4.43. The van der Waals surface area contributed by atoms with Gasteiger partial charge in [0.1, 0.15) is 12.4 Å². The van der Waals surface area contributed by atoms with Crippen molar-refractivity contribution in [1.82, 2.24) is 9.80 Å². The molecule has 0 spiro atoms. The monoisotopic (exact) mass is 358 g/mol. The molecule has 0 radical (unpaired) electrons. The molecule has 1 atom stereocenters. The van der Waals surface area contributed by atoms with Crippen LogP contribution in [0.3, 0.4) is 0 Å². The summed E-state index contributed by atoms with van der Waals surface area (Å²) in [5, 5.41) is 0. The molecule has 1 aliphatic carbocycles. The van der Waals surface area contributed by atoms with Crippen molar-refractivity contribution in [3.05, 3.63) is 29.8 Å². The topological polar surface area (TPSA) is 42.0 Å². The summed E-state index contributed by atoms with van der Waals surface area (Å²) < 4.78 is 11.4. The second-order valence-electron chi connectivity index (χ2n) is 7.74. The average molecular weight is 358 g/mol. The van der Waals surface area contributed by atoms with Crippen molar-refractivity contribution in [1.29, 1.82) is 0 Å². The van der Waals surface area contributed by atoms with Gasteiger partial charge in [-0.25, -0.2) is 0 Å². The van der Waals surface area contributed by atoms with Crippen molar-refractivity contribution < 1.29 is 14.3 Å². The number of carbonyl (C=O) groups excluding carboxylic acids is 1. The fourth-order valence-corrected chi connectivity index (χ4v) is 4.43. The molecular formula is C21H30N2O3. The molecule has 2 heterocycles. The van der Waals surface area contributed by atoms with Gasteiger partial charge in [-0.05, 0) is 43.9 Å². The van der Waals surface area contributed by atoms with Crippen LogP contribution in [0.4, 0.5) is 0 Å². The second kappa shape index (κ2) is 8.40. The third-order valence-electron chi connectivity index (χ3n) is 5.98. The summed E-state index contributed by atoms with van der Waals surface area (Å²) in [5.74, 6) is 0.884. The molecule has 5 heteroatoms. The van der Waals surface area contributed by atoms with E-state index in [1.807, 2.05) is 29.2 Å². The molecule has 1 aromatic carbocycles. The number of hydrogen-bond acceptors (Lipinski definition) is 4. The number of nitrogens with zero attached hydrogens (tertiary/aromatic N) is 2. The molecule has 3 aliphatic rings. The Morgan fingerprint density at radius 2 is 1.88 bits per heavy atom. The highest BCUT2D eigenvalue weighted by atomic mass is 16.5. The molecule has 2 aliphatic heterocycles. The van der Waals surface area contributed by atoms with Gasteiger partial charge in [-0.1, -0.05) is 18.9 Å². The van der Waals surface area contributed by atoms with Crippen LogP contribution < -0.4 is 4.74 Å². The molecule has 0 aromatic heterocycles. The lowest BCUT2D eigenvalue weighted by Gasteiger charge is -2.38. The van der Waals surface area contributed by atoms with Crippen molar-refractivity contribution in [2.75, 3.05) is 39.4 Å².